The summed E-state index contributed by atoms with van der Waals surface area (Å²) in [5, 5.41) is 4.78. The molecular weight excluding hydrogens is 308 g/mol. The van der Waals surface area contributed by atoms with Crippen LogP contribution in [0.2, 0.25) is 0 Å². The van der Waals surface area contributed by atoms with Crippen LogP contribution in [0.15, 0.2) is 48.5 Å². The number of rotatable bonds is 3. The molecular formula is C19H18ClN2O-. The van der Waals surface area contributed by atoms with Gasteiger partial charge in [-0.3, -0.25) is 4.98 Å². The number of anilines is 2. The van der Waals surface area contributed by atoms with Gasteiger partial charge in [0.15, 0.2) is 0 Å². The molecule has 23 heavy (non-hydrogen) atoms. The average molecular weight is 326 g/mol. The maximum absolute atomic E-state index is 5.47. The second-order valence-electron chi connectivity index (χ2n) is 5.61. The Bertz CT molecular complexity index is 848. The van der Waals surface area contributed by atoms with Gasteiger partial charge in [-0.25, -0.2) is 0 Å². The summed E-state index contributed by atoms with van der Waals surface area (Å²) in [6, 6.07) is 16.4. The minimum Gasteiger partial charge on any atom is -1.00 e. The van der Waals surface area contributed by atoms with Crippen LogP contribution in [0.5, 0.6) is 5.75 Å². The standard InChI is InChI=1S/C19H18N2O.ClH/c1-22-18-12-5-4-10-17(18)21-19-13-7-2-3-9-15(13)20-16-11-6-8-14(16)19;/h2-5,7,9-10,12H,6,8,11H2,1H3,(H,20,21);1H/p-1. The summed E-state index contributed by atoms with van der Waals surface area (Å²) in [7, 11) is 1.70. The van der Waals surface area contributed by atoms with Gasteiger partial charge < -0.3 is 22.5 Å². The highest BCUT2D eigenvalue weighted by atomic mass is 35.5. The van der Waals surface area contributed by atoms with Crippen LogP contribution >= 0.6 is 0 Å². The lowest BCUT2D eigenvalue weighted by molar-refractivity contribution is -0.00000466. The van der Waals surface area contributed by atoms with Crippen LogP contribution in [0.1, 0.15) is 17.7 Å². The summed E-state index contributed by atoms with van der Waals surface area (Å²) < 4.78 is 5.47. The Morgan fingerprint density at radius 3 is 2.65 bits per heavy atom. The Morgan fingerprint density at radius 2 is 1.78 bits per heavy atom. The van der Waals surface area contributed by atoms with Gasteiger partial charge >= 0.3 is 0 Å². The highest BCUT2D eigenvalue weighted by molar-refractivity contribution is 5.96. The molecule has 1 N–H and O–H groups in total. The number of ether oxygens (including phenoxy) is 1. The molecule has 0 bridgehead atoms. The zero-order valence-electron chi connectivity index (χ0n) is 13.0. The normalized spacial score (nSPS) is 12.6. The molecule has 4 heteroatoms. The second-order valence-corrected chi connectivity index (χ2v) is 5.61. The molecule has 0 radical (unpaired) electrons. The fourth-order valence-corrected chi connectivity index (χ4v) is 3.24. The molecule has 0 atom stereocenters. The third-order valence-electron chi connectivity index (χ3n) is 4.29. The molecule has 0 saturated carbocycles. The Hall–Kier alpha value is -2.26. The molecule has 0 spiro atoms. The maximum Gasteiger partial charge on any atom is 0.142 e. The fourth-order valence-electron chi connectivity index (χ4n) is 3.24. The zero-order chi connectivity index (χ0) is 14.9. The fraction of sp³-hybridized carbons (Fsp3) is 0.211. The van der Waals surface area contributed by atoms with Crippen molar-refractivity contribution in [2.45, 2.75) is 19.3 Å². The van der Waals surface area contributed by atoms with Crippen LogP contribution in [0.4, 0.5) is 11.4 Å². The topological polar surface area (TPSA) is 34.1 Å². The van der Waals surface area contributed by atoms with E-state index >= 15 is 0 Å². The third-order valence-corrected chi connectivity index (χ3v) is 4.29. The van der Waals surface area contributed by atoms with Gasteiger partial charge in [0.25, 0.3) is 0 Å². The number of hydrogen-bond acceptors (Lipinski definition) is 3. The van der Waals surface area contributed by atoms with E-state index in [9.17, 15) is 0 Å². The molecule has 0 fully saturated rings. The number of para-hydroxylation sites is 3. The number of halogens is 1. The summed E-state index contributed by atoms with van der Waals surface area (Å²) in [5.41, 5.74) is 5.82. The number of hydrogen-bond donors (Lipinski definition) is 1. The summed E-state index contributed by atoms with van der Waals surface area (Å²) in [6.45, 7) is 0. The molecule has 1 heterocycles. The van der Waals surface area contributed by atoms with Crippen molar-refractivity contribution in [2.75, 3.05) is 12.4 Å². The third kappa shape index (κ3) is 2.73. The first-order chi connectivity index (χ1) is 10.9. The Balaban J connectivity index is 0.00000156. The molecule has 0 amide bonds. The predicted octanol–water partition coefficient (Wildman–Crippen LogP) is 1.48. The zero-order valence-corrected chi connectivity index (χ0v) is 13.7. The van der Waals surface area contributed by atoms with E-state index in [-0.39, 0.29) is 12.4 Å². The van der Waals surface area contributed by atoms with E-state index < -0.39 is 0 Å². The van der Waals surface area contributed by atoms with Crippen molar-refractivity contribution >= 4 is 22.3 Å². The van der Waals surface area contributed by atoms with Gasteiger partial charge in [0.1, 0.15) is 5.75 Å². The van der Waals surface area contributed by atoms with E-state index in [1.807, 2.05) is 24.3 Å². The van der Waals surface area contributed by atoms with Gasteiger partial charge in [-0.1, -0.05) is 30.3 Å². The molecule has 2 aromatic carbocycles. The van der Waals surface area contributed by atoms with Crippen molar-refractivity contribution in [2.24, 2.45) is 0 Å². The minimum atomic E-state index is 0. The number of nitrogens with one attached hydrogen (secondary N) is 1. The van der Waals surface area contributed by atoms with Gasteiger partial charge in [0, 0.05) is 11.1 Å². The SMILES string of the molecule is COc1ccccc1Nc1c2c(nc3ccccc13)CCC2.[Cl-]. The molecule has 1 aliphatic rings. The first-order valence-electron chi connectivity index (χ1n) is 7.67. The number of pyridine rings is 1. The summed E-state index contributed by atoms with van der Waals surface area (Å²) in [4.78, 5) is 4.83. The smallest absolute Gasteiger partial charge is 0.142 e. The molecule has 3 aromatic rings. The number of methoxy groups -OCH3 is 1. The van der Waals surface area contributed by atoms with E-state index in [1.54, 1.807) is 7.11 Å². The van der Waals surface area contributed by atoms with Crippen molar-refractivity contribution in [3.63, 3.8) is 0 Å². The van der Waals surface area contributed by atoms with E-state index in [0.717, 1.165) is 29.8 Å². The molecule has 4 rings (SSSR count). The molecule has 118 valence electrons. The number of nitrogens with zero attached hydrogens (tertiary/aromatic N) is 1. The summed E-state index contributed by atoms with van der Waals surface area (Å²) in [5.74, 6) is 0.857. The lowest BCUT2D eigenvalue weighted by Gasteiger charge is -2.16. The summed E-state index contributed by atoms with van der Waals surface area (Å²) in [6.07, 6.45) is 3.34. The van der Waals surface area contributed by atoms with E-state index in [1.165, 1.54) is 28.8 Å². The van der Waals surface area contributed by atoms with Crippen molar-refractivity contribution in [3.8, 4) is 5.75 Å². The Labute approximate surface area is 142 Å². The van der Waals surface area contributed by atoms with Crippen molar-refractivity contribution in [3.05, 3.63) is 59.8 Å². The van der Waals surface area contributed by atoms with Crippen LogP contribution in [0.3, 0.4) is 0 Å². The van der Waals surface area contributed by atoms with E-state index in [4.69, 9.17) is 9.72 Å². The Morgan fingerprint density at radius 1 is 1.00 bits per heavy atom. The quantitative estimate of drug-likeness (QED) is 0.792. The van der Waals surface area contributed by atoms with Crippen LogP contribution in [-0.2, 0) is 12.8 Å². The first kappa shape index (κ1) is 15.6. The molecule has 0 unspecified atom stereocenters. The predicted molar refractivity (Wildman–Crippen MR) is 90.0 cm³/mol. The van der Waals surface area contributed by atoms with E-state index in [2.05, 4.69) is 29.6 Å². The lowest BCUT2D eigenvalue weighted by Crippen LogP contribution is -3.00. The molecule has 3 nitrogen and oxygen atoms in total. The number of benzene rings is 2. The van der Waals surface area contributed by atoms with Gasteiger partial charge in [-0.2, -0.15) is 0 Å². The number of aromatic nitrogens is 1. The van der Waals surface area contributed by atoms with Gasteiger partial charge in [-0.15, -0.1) is 0 Å². The van der Waals surface area contributed by atoms with Crippen LogP contribution < -0.4 is 22.5 Å². The largest absolute Gasteiger partial charge is 1.00 e. The monoisotopic (exact) mass is 325 g/mol. The average Bonchev–Trinajstić information content (AvgIpc) is 3.03. The van der Waals surface area contributed by atoms with Crippen molar-refractivity contribution in [1.29, 1.82) is 0 Å². The number of fused-ring (bicyclic) bond motifs is 2. The minimum absolute atomic E-state index is 0. The molecule has 1 aromatic heterocycles. The van der Waals surface area contributed by atoms with Gasteiger partial charge in [0.2, 0.25) is 0 Å². The van der Waals surface area contributed by atoms with Crippen LogP contribution in [0.25, 0.3) is 10.9 Å². The van der Waals surface area contributed by atoms with Gasteiger partial charge in [-0.05, 0) is 43.0 Å². The second kappa shape index (κ2) is 6.47. The molecule has 0 aliphatic heterocycles. The van der Waals surface area contributed by atoms with E-state index in [0.29, 0.717) is 0 Å². The number of aryl methyl sites for hydroxylation is 1. The van der Waals surface area contributed by atoms with Crippen LogP contribution in [-0.4, -0.2) is 12.1 Å². The van der Waals surface area contributed by atoms with Crippen molar-refractivity contribution < 1.29 is 17.1 Å². The summed E-state index contributed by atoms with van der Waals surface area (Å²) >= 11 is 0. The highest BCUT2D eigenvalue weighted by Gasteiger charge is 2.20. The van der Waals surface area contributed by atoms with Crippen molar-refractivity contribution in [1.82, 2.24) is 4.98 Å². The molecule has 1 aliphatic carbocycles. The Kier molecular flexibility index (Phi) is 4.39. The first-order valence-corrected chi connectivity index (χ1v) is 7.67. The molecule has 0 saturated heterocycles. The highest BCUT2D eigenvalue weighted by Crippen LogP contribution is 2.37. The maximum atomic E-state index is 5.47. The van der Waals surface area contributed by atoms with Gasteiger partial charge in [0.05, 0.1) is 24.0 Å². The lowest BCUT2D eigenvalue weighted by atomic mass is 10.1. The van der Waals surface area contributed by atoms with Crippen LogP contribution in [0, 0.1) is 0 Å².